The maximum absolute atomic E-state index is 11.9. The van der Waals surface area contributed by atoms with E-state index in [0.29, 0.717) is 0 Å². The molecule has 0 bridgehead atoms. The fourth-order valence-corrected chi connectivity index (χ4v) is 2.14. The van der Waals surface area contributed by atoms with Gasteiger partial charge in [-0.3, -0.25) is 4.79 Å². The highest BCUT2D eigenvalue weighted by Crippen LogP contribution is 2.22. The predicted molar refractivity (Wildman–Crippen MR) is 52.2 cm³/mol. The van der Waals surface area contributed by atoms with Crippen LogP contribution in [0.2, 0.25) is 0 Å². The molecule has 0 saturated carbocycles. The van der Waals surface area contributed by atoms with Crippen LogP contribution in [0.3, 0.4) is 0 Å². The van der Waals surface area contributed by atoms with E-state index in [4.69, 9.17) is 4.74 Å². The first-order chi connectivity index (χ1) is 7.08. The maximum atomic E-state index is 11.9. The molecule has 2 aliphatic rings. The zero-order chi connectivity index (χ0) is 11.0. The molecule has 5 nitrogen and oxygen atoms in total. The monoisotopic (exact) mass is 215 g/mol. The van der Waals surface area contributed by atoms with E-state index in [1.807, 2.05) is 6.92 Å². The summed E-state index contributed by atoms with van der Waals surface area (Å²) in [6.07, 6.45) is -0.229. The number of aliphatic hydroxyl groups is 2. The molecule has 2 fully saturated rings. The molecule has 0 radical (unpaired) electrons. The van der Waals surface area contributed by atoms with Crippen LogP contribution >= 0.6 is 0 Å². The molecular formula is C10H17NO4. The van der Waals surface area contributed by atoms with Gasteiger partial charge in [0.2, 0.25) is 0 Å². The minimum atomic E-state index is -0.812. The second kappa shape index (κ2) is 4.08. The van der Waals surface area contributed by atoms with E-state index < -0.39 is 12.2 Å². The second-order valence-electron chi connectivity index (χ2n) is 4.39. The Labute approximate surface area is 88.6 Å². The van der Waals surface area contributed by atoms with Crippen molar-refractivity contribution < 1.29 is 19.7 Å². The van der Waals surface area contributed by atoms with Crippen molar-refractivity contribution in [3.05, 3.63) is 0 Å². The third-order valence-electron chi connectivity index (χ3n) is 3.08. The summed E-state index contributed by atoms with van der Waals surface area (Å²) in [6, 6.07) is 0. The Morgan fingerprint density at radius 3 is 2.33 bits per heavy atom. The summed E-state index contributed by atoms with van der Waals surface area (Å²) in [5.74, 6) is -0.102. The lowest BCUT2D eigenvalue weighted by Gasteiger charge is -2.19. The largest absolute Gasteiger partial charge is 0.388 e. The highest BCUT2D eigenvalue weighted by atomic mass is 16.5. The van der Waals surface area contributed by atoms with Gasteiger partial charge in [0.15, 0.2) is 0 Å². The second-order valence-corrected chi connectivity index (χ2v) is 4.39. The lowest BCUT2D eigenvalue weighted by atomic mass is 10.2. The summed E-state index contributed by atoms with van der Waals surface area (Å²) in [5, 5.41) is 18.7. The normalized spacial score (nSPS) is 41.1. The van der Waals surface area contributed by atoms with Crippen LogP contribution < -0.4 is 0 Å². The van der Waals surface area contributed by atoms with Crippen molar-refractivity contribution in [1.29, 1.82) is 0 Å². The topological polar surface area (TPSA) is 70.0 Å². The van der Waals surface area contributed by atoms with Gasteiger partial charge in [0.25, 0.3) is 5.91 Å². The minimum Gasteiger partial charge on any atom is -0.388 e. The number of likely N-dealkylation sites (tertiary alicyclic amines) is 1. The maximum Gasteiger partial charge on any atom is 0.251 e. The first-order valence-corrected chi connectivity index (χ1v) is 5.38. The first-order valence-electron chi connectivity index (χ1n) is 5.38. The Morgan fingerprint density at radius 1 is 1.27 bits per heavy atom. The summed E-state index contributed by atoms with van der Waals surface area (Å²) in [6.45, 7) is 2.38. The van der Waals surface area contributed by atoms with Crippen molar-refractivity contribution in [1.82, 2.24) is 4.90 Å². The summed E-state index contributed by atoms with van der Waals surface area (Å²) in [5.41, 5.74) is 0. The van der Waals surface area contributed by atoms with E-state index in [9.17, 15) is 15.0 Å². The molecule has 2 aliphatic heterocycles. The van der Waals surface area contributed by atoms with Gasteiger partial charge < -0.3 is 19.8 Å². The van der Waals surface area contributed by atoms with Crippen molar-refractivity contribution in [2.45, 2.75) is 44.2 Å². The lowest BCUT2D eigenvalue weighted by molar-refractivity contribution is -0.142. The Balaban J connectivity index is 1.92. The molecule has 0 aromatic rings. The molecule has 2 unspecified atom stereocenters. The summed E-state index contributed by atoms with van der Waals surface area (Å²) >= 11 is 0. The number of rotatable bonds is 1. The van der Waals surface area contributed by atoms with E-state index in [0.717, 1.165) is 12.8 Å². The van der Waals surface area contributed by atoms with Gasteiger partial charge in [-0.2, -0.15) is 0 Å². The Hall–Kier alpha value is -0.650. The van der Waals surface area contributed by atoms with Gasteiger partial charge in [-0.15, -0.1) is 0 Å². The summed E-state index contributed by atoms with van der Waals surface area (Å²) in [4.78, 5) is 13.3. The van der Waals surface area contributed by atoms with Crippen LogP contribution in [0.1, 0.15) is 19.8 Å². The van der Waals surface area contributed by atoms with E-state index in [-0.39, 0.29) is 31.2 Å². The molecule has 2 rings (SSSR count). The summed E-state index contributed by atoms with van der Waals surface area (Å²) < 4.78 is 5.45. The number of carbonyl (C=O) groups excluding carboxylic acids is 1. The number of amides is 1. The number of hydrogen-bond acceptors (Lipinski definition) is 4. The van der Waals surface area contributed by atoms with Crippen LogP contribution in [-0.4, -0.2) is 58.5 Å². The molecule has 1 amide bonds. The number of carbonyl (C=O) groups is 1. The van der Waals surface area contributed by atoms with Crippen LogP contribution in [0.4, 0.5) is 0 Å². The molecule has 0 aliphatic carbocycles. The molecule has 15 heavy (non-hydrogen) atoms. The van der Waals surface area contributed by atoms with Crippen LogP contribution in [0, 0.1) is 0 Å². The van der Waals surface area contributed by atoms with Gasteiger partial charge in [-0.25, -0.2) is 0 Å². The van der Waals surface area contributed by atoms with Gasteiger partial charge in [-0.1, -0.05) is 0 Å². The fourth-order valence-electron chi connectivity index (χ4n) is 2.14. The molecule has 2 saturated heterocycles. The SMILES string of the molecule is CC1CCC(C(=O)N2C[C@@H](O)[C@@H](O)C2)O1. The quantitative estimate of drug-likeness (QED) is 0.596. The molecule has 0 aromatic heterocycles. The first kappa shape index (κ1) is 10.9. The van der Waals surface area contributed by atoms with E-state index >= 15 is 0 Å². The number of β-amino-alcohol motifs (C(OH)–C–C–N with tert-alkyl or cyclic N) is 2. The van der Waals surface area contributed by atoms with E-state index in [2.05, 4.69) is 0 Å². The molecule has 5 heteroatoms. The number of nitrogens with zero attached hydrogens (tertiary/aromatic N) is 1. The van der Waals surface area contributed by atoms with Crippen LogP contribution in [0.5, 0.6) is 0 Å². The van der Waals surface area contributed by atoms with Crippen LogP contribution in [0.15, 0.2) is 0 Å². The van der Waals surface area contributed by atoms with E-state index in [1.165, 1.54) is 4.90 Å². The molecule has 2 heterocycles. The van der Waals surface area contributed by atoms with Crippen molar-refractivity contribution in [2.24, 2.45) is 0 Å². The molecular weight excluding hydrogens is 198 g/mol. The van der Waals surface area contributed by atoms with Crippen molar-refractivity contribution in [3.63, 3.8) is 0 Å². The molecule has 0 spiro atoms. The highest BCUT2D eigenvalue weighted by Gasteiger charge is 2.38. The standard InChI is InChI=1S/C10H17NO4/c1-6-2-3-9(15-6)10(14)11-4-7(12)8(13)5-11/h6-9,12-13H,2-5H2,1H3/t6?,7-,8+,9?. The number of aliphatic hydroxyl groups excluding tert-OH is 2. The smallest absolute Gasteiger partial charge is 0.251 e. The molecule has 86 valence electrons. The zero-order valence-corrected chi connectivity index (χ0v) is 8.80. The third-order valence-corrected chi connectivity index (χ3v) is 3.08. The van der Waals surface area contributed by atoms with Crippen LogP contribution in [0.25, 0.3) is 0 Å². The Kier molecular flexibility index (Phi) is 2.95. The van der Waals surface area contributed by atoms with Crippen LogP contribution in [-0.2, 0) is 9.53 Å². The van der Waals surface area contributed by atoms with Crippen molar-refractivity contribution in [3.8, 4) is 0 Å². The third kappa shape index (κ3) is 2.14. The molecule has 2 N–H and O–H groups in total. The highest BCUT2D eigenvalue weighted by molar-refractivity contribution is 5.81. The molecule has 4 atom stereocenters. The minimum absolute atomic E-state index is 0.102. The predicted octanol–water partition coefficient (Wildman–Crippen LogP) is -0.882. The Morgan fingerprint density at radius 2 is 1.87 bits per heavy atom. The average molecular weight is 215 g/mol. The van der Waals surface area contributed by atoms with Gasteiger partial charge in [0, 0.05) is 13.1 Å². The van der Waals surface area contributed by atoms with Gasteiger partial charge in [0.1, 0.15) is 6.10 Å². The van der Waals surface area contributed by atoms with Gasteiger partial charge >= 0.3 is 0 Å². The molecule has 0 aromatic carbocycles. The Bertz CT molecular complexity index is 248. The van der Waals surface area contributed by atoms with Crippen molar-refractivity contribution in [2.75, 3.05) is 13.1 Å². The summed E-state index contributed by atoms with van der Waals surface area (Å²) in [7, 11) is 0. The number of ether oxygens (including phenoxy) is 1. The van der Waals surface area contributed by atoms with Gasteiger partial charge in [0.05, 0.1) is 18.3 Å². The zero-order valence-electron chi connectivity index (χ0n) is 8.80. The van der Waals surface area contributed by atoms with Crippen molar-refractivity contribution >= 4 is 5.91 Å². The van der Waals surface area contributed by atoms with Gasteiger partial charge in [-0.05, 0) is 19.8 Å². The van der Waals surface area contributed by atoms with E-state index in [1.54, 1.807) is 0 Å². The average Bonchev–Trinajstić information content (AvgIpc) is 2.74. The lowest BCUT2D eigenvalue weighted by Crippen LogP contribution is -2.38. The fraction of sp³-hybridized carbons (Fsp3) is 0.900. The number of hydrogen-bond donors (Lipinski definition) is 2.